The van der Waals surface area contributed by atoms with Gasteiger partial charge in [-0.3, -0.25) is 9.78 Å². The third kappa shape index (κ3) is 5.53. The topological polar surface area (TPSA) is 65.5 Å². The summed E-state index contributed by atoms with van der Waals surface area (Å²) < 4.78 is 0. The molecule has 1 aromatic heterocycles. The van der Waals surface area contributed by atoms with Gasteiger partial charge < -0.3 is 15.3 Å². The number of aromatic nitrogens is 1. The maximum atomic E-state index is 12.6. The summed E-state index contributed by atoms with van der Waals surface area (Å²) in [6.07, 6.45) is 5.73. The van der Waals surface area contributed by atoms with Crippen LogP contribution in [0.2, 0.25) is 0 Å². The Kier molecular flexibility index (Phi) is 6.50. The highest BCUT2D eigenvalue weighted by molar-refractivity contribution is 7.09. The number of thiazole rings is 1. The monoisotopic (exact) mass is 387 g/mol. The molecule has 27 heavy (non-hydrogen) atoms. The van der Waals surface area contributed by atoms with Gasteiger partial charge in [0.1, 0.15) is 5.75 Å². The summed E-state index contributed by atoms with van der Waals surface area (Å²) in [5.41, 5.74) is 4.12. The zero-order valence-corrected chi connectivity index (χ0v) is 17.1. The predicted molar refractivity (Wildman–Crippen MR) is 109 cm³/mol. The summed E-state index contributed by atoms with van der Waals surface area (Å²) in [5, 5.41) is 12.7. The molecule has 0 aliphatic heterocycles. The molecule has 1 aliphatic rings. The van der Waals surface area contributed by atoms with Crippen LogP contribution < -0.4 is 5.32 Å². The first kappa shape index (κ1) is 19.8. The number of nitrogens with zero attached hydrogens (tertiary/aromatic N) is 2. The van der Waals surface area contributed by atoms with E-state index in [9.17, 15) is 9.90 Å². The third-order valence-electron chi connectivity index (χ3n) is 5.46. The normalized spacial score (nSPS) is 16.3. The molecular weight excluding hydrogens is 358 g/mol. The number of hydrogen-bond acceptors (Lipinski definition) is 5. The first-order valence-electron chi connectivity index (χ1n) is 9.54. The lowest BCUT2D eigenvalue weighted by Crippen LogP contribution is -2.42. The maximum Gasteiger partial charge on any atom is 0.220 e. The van der Waals surface area contributed by atoms with E-state index in [1.54, 1.807) is 23.5 Å². The molecule has 1 aromatic carbocycles. The Morgan fingerprint density at radius 2 is 2.19 bits per heavy atom. The van der Waals surface area contributed by atoms with E-state index in [0.717, 1.165) is 12.0 Å². The Morgan fingerprint density at radius 3 is 2.78 bits per heavy atom. The van der Waals surface area contributed by atoms with Crippen LogP contribution in [-0.2, 0) is 11.2 Å². The predicted octanol–water partition coefficient (Wildman–Crippen LogP) is 3.33. The Balaban J connectivity index is 1.56. The summed E-state index contributed by atoms with van der Waals surface area (Å²) in [7, 11) is 4.08. The Bertz CT molecular complexity index is 757. The number of aromatic hydroxyl groups is 1. The molecule has 2 N–H and O–H groups in total. The summed E-state index contributed by atoms with van der Waals surface area (Å²) in [4.78, 5) is 20.2. The van der Waals surface area contributed by atoms with E-state index in [0.29, 0.717) is 30.6 Å². The molecule has 0 spiro atoms. The minimum absolute atomic E-state index is 0.120. The number of amides is 1. The van der Waals surface area contributed by atoms with Gasteiger partial charge in [-0.2, -0.15) is 0 Å². The average molecular weight is 388 g/mol. The van der Waals surface area contributed by atoms with Crippen molar-refractivity contribution in [2.24, 2.45) is 5.92 Å². The number of aryl methyl sites for hydroxylation is 1. The molecule has 1 heterocycles. The van der Waals surface area contributed by atoms with Crippen molar-refractivity contribution in [1.82, 2.24) is 15.2 Å². The number of benzene rings is 1. The molecule has 0 radical (unpaired) electrons. The minimum Gasteiger partial charge on any atom is -0.508 e. The molecule has 5 nitrogen and oxygen atoms in total. The zero-order chi connectivity index (χ0) is 19.4. The number of likely N-dealkylation sites (N-methyl/N-ethyl adjacent to an activating group) is 1. The fourth-order valence-electron chi connectivity index (χ4n) is 3.51. The highest BCUT2D eigenvalue weighted by Crippen LogP contribution is 2.45. The van der Waals surface area contributed by atoms with E-state index in [1.165, 1.54) is 23.3 Å². The molecule has 1 aliphatic carbocycles. The number of phenols is 1. The fraction of sp³-hybridized carbons (Fsp3) is 0.524. The van der Waals surface area contributed by atoms with Crippen molar-refractivity contribution < 1.29 is 9.90 Å². The van der Waals surface area contributed by atoms with Crippen LogP contribution in [0.25, 0.3) is 0 Å². The van der Waals surface area contributed by atoms with E-state index in [1.807, 2.05) is 38.8 Å². The number of phenolic OH excluding ortho intramolecular Hbond substituents is 1. The second-order valence-electron chi connectivity index (χ2n) is 7.79. The fourth-order valence-corrected chi connectivity index (χ4v) is 4.33. The Labute approximate surface area is 165 Å². The second kappa shape index (κ2) is 8.85. The van der Waals surface area contributed by atoms with Gasteiger partial charge in [-0.1, -0.05) is 6.07 Å². The van der Waals surface area contributed by atoms with Gasteiger partial charge in [-0.25, -0.2) is 0 Å². The first-order valence-corrected chi connectivity index (χ1v) is 10.4. The molecule has 0 bridgehead atoms. The molecule has 3 rings (SSSR count). The van der Waals surface area contributed by atoms with Gasteiger partial charge in [0, 0.05) is 36.0 Å². The van der Waals surface area contributed by atoms with Gasteiger partial charge in [-0.05, 0) is 69.5 Å². The zero-order valence-electron chi connectivity index (χ0n) is 16.3. The van der Waals surface area contributed by atoms with Crippen LogP contribution in [-0.4, -0.2) is 47.6 Å². The summed E-state index contributed by atoms with van der Waals surface area (Å²) in [6, 6.07) is 5.69. The van der Waals surface area contributed by atoms with Crippen LogP contribution in [0.1, 0.15) is 41.2 Å². The van der Waals surface area contributed by atoms with Crippen LogP contribution in [0, 0.1) is 12.8 Å². The van der Waals surface area contributed by atoms with E-state index in [-0.39, 0.29) is 11.9 Å². The van der Waals surface area contributed by atoms with Gasteiger partial charge in [0.05, 0.1) is 5.51 Å². The molecule has 146 valence electrons. The molecule has 2 aromatic rings. The van der Waals surface area contributed by atoms with Gasteiger partial charge >= 0.3 is 0 Å². The largest absolute Gasteiger partial charge is 0.508 e. The number of hydrogen-bond donors (Lipinski definition) is 2. The van der Waals surface area contributed by atoms with Gasteiger partial charge in [0.15, 0.2) is 0 Å². The minimum atomic E-state index is 0.120. The molecule has 1 saturated carbocycles. The third-order valence-corrected chi connectivity index (χ3v) is 6.37. The lowest BCUT2D eigenvalue weighted by atomic mass is 9.97. The lowest BCUT2D eigenvalue weighted by molar-refractivity contribution is -0.121. The van der Waals surface area contributed by atoms with Gasteiger partial charge in [0.25, 0.3) is 0 Å². The van der Waals surface area contributed by atoms with Crippen molar-refractivity contribution in [1.29, 1.82) is 0 Å². The average Bonchev–Trinajstić information content (AvgIpc) is 3.31. The smallest absolute Gasteiger partial charge is 0.220 e. The molecular formula is C21H29N3O2S. The van der Waals surface area contributed by atoms with Crippen LogP contribution in [0.3, 0.4) is 0 Å². The van der Waals surface area contributed by atoms with Crippen molar-refractivity contribution in [3.05, 3.63) is 45.9 Å². The van der Waals surface area contributed by atoms with E-state index >= 15 is 0 Å². The highest BCUT2D eigenvalue weighted by Gasteiger charge is 2.34. The second-order valence-corrected chi connectivity index (χ2v) is 8.71. The summed E-state index contributed by atoms with van der Waals surface area (Å²) in [6.45, 7) is 2.63. The van der Waals surface area contributed by atoms with Crippen LogP contribution in [0.5, 0.6) is 5.75 Å². The maximum absolute atomic E-state index is 12.6. The van der Waals surface area contributed by atoms with Crippen LogP contribution in [0.15, 0.2) is 29.9 Å². The first-order chi connectivity index (χ1) is 12.9. The highest BCUT2D eigenvalue weighted by atomic mass is 32.1. The SMILES string of the molecule is Cc1cc(O)ccc1CC(CNC(=O)CC(c1cncs1)C1CC1)N(C)C. The van der Waals surface area contributed by atoms with Crippen molar-refractivity contribution in [3.63, 3.8) is 0 Å². The molecule has 2 unspecified atom stereocenters. The lowest BCUT2D eigenvalue weighted by Gasteiger charge is -2.26. The molecule has 1 amide bonds. The van der Waals surface area contributed by atoms with Crippen molar-refractivity contribution in [3.8, 4) is 5.75 Å². The molecule has 2 atom stereocenters. The standard InChI is InChI=1S/C21H29N3O2S/c1-14-8-18(25)7-6-16(14)9-17(24(2)3)11-23-21(26)10-19(15-4-5-15)20-12-22-13-27-20/h6-8,12-13,15,17,19,25H,4-5,9-11H2,1-3H3,(H,23,26). The molecule has 0 saturated heterocycles. The van der Waals surface area contributed by atoms with Crippen LogP contribution in [0.4, 0.5) is 0 Å². The summed E-state index contributed by atoms with van der Waals surface area (Å²) in [5.74, 6) is 1.37. The number of carbonyl (C=O) groups is 1. The van der Waals surface area contributed by atoms with Gasteiger partial charge in [0.2, 0.25) is 5.91 Å². The van der Waals surface area contributed by atoms with E-state index < -0.39 is 0 Å². The van der Waals surface area contributed by atoms with E-state index in [2.05, 4.69) is 15.2 Å². The Hall–Kier alpha value is -1.92. The van der Waals surface area contributed by atoms with Crippen molar-refractivity contribution in [2.45, 2.75) is 44.6 Å². The van der Waals surface area contributed by atoms with Crippen molar-refractivity contribution in [2.75, 3.05) is 20.6 Å². The quantitative estimate of drug-likeness (QED) is 0.693. The molecule has 1 fully saturated rings. The number of nitrogens with one attached hydrogen (secondary N) is 1. The van der Waals surface area contributed by atoms with Crippen molar-refractivity contribution >= 4 is 17.2 Å². The Morgan fingerprint density at radius 1 is 1.41 bits per heavy atom. The van der Waals surface area contributed by atoms with Gasteiger partial charge in [-0.15, -0.1) is 11.3 Å². The van der Waals surface area contributed by atoms with E-state index in [4.69, 9.17) is 0 Å². The van der Waals surface area contributed by atoms with Crippen LogP contribution >= 0.6 is 11.3 Å². The number of rotatable bonds is 9. The number of carbonyl (C=O) groups excluding carboxylic acids is 1. The summed E-state index contributed by atoms with van der Waals surface area (Å²) >= 11 is 1.66. The molecule has 6 heteroatoms.